The molecule has 0 saturated carbocycles. The van der Waals surface area contributed by atoms with E-state index in [1.165, 1.54) is 23.1 Å². The zero-order valence-electron chi connectivity index (χ0n) is 18.1. The minimum Gasteiger partial charge on any atom is -0.493 e. The number of fused-ring (bicyclic) bond motifs is 1. The van der Waals surface area contributed by atoms with E-state index in [1.807, 2.05) is 43.5 Å². The Labute approximate surface area is 189 Å². The Kier molecular flexibility index (Phi) is 7.97. The van der Waals surface area contributed by atoms with Gasteiger partial charge in [-0.1, -0.05) is 24.8 Å². The van der Waals surface area contributed by atoms with Crippen molar-refractivity contribution in [1.29, 1.82) is 0 Å². The highest BCUT2D eigenvalue weighted by Gasteiger charge is 2.15. The number of hydrogen-bond acceptors (Lipinski definition) is 7. The highest BCUT2D eigenvalue weighted by molar-refractivity contribution is 7.99. The van der Waals surface area contributed by atoms with Crippen LogP contribution in [0.4, 0.5) is 0 Å². The number of benzene rings is 1. The van der Waals surface area contributed by atoms with Crippen LogP contribution in [0.1, 0.15) is 25.8 Å². The van der Waals surface area contributed by atoms with Gasteiger partial charge in [-0.3, -0.25) is 14.2 Å². The van der Waals surface area contributed by atoms with E-state index >= 15 is 0 Å². The number of hydrogen-bond donors (Lipinski definition) is 1. The Balaban J connectivity index is 1.83. The molecule has 1 amide bonds. The van der Waals surface area contributed by atoms with E-state index in [-0.39, 0.29) is 23.3 Å². The molecule has 0 radical (unpaired) electrons. The number of ether oxygens (including phenoxy) is 2. The van der Waals surface area contributed by atoms with Crippen LogP contribution in [0.3, 0.4) is 0 Å². The molecular formula is C22H27N3O4S2. The molecular weight excluding hydrogens is 434 g/mol. The Morgan fingerprint density at radius 2 is 2.03 bits per heavy atom. The summed E-state index contributed by atoms with van der Waals surface area (Å²) in [5.74, 6) is 1.46. The average molecular weight is 462 g/mol. The Morgan fingerprint density at radius 1 is 1.26 bits per heavy atom. The summed E-state index contributed by atoms with van der Waals surface area (Å²) in [6, 6.07) is 7.67. The van der Waals surface area contributed by atoms with Crippen molar-refractivity contribution in [1.82, 2.24) is 14.9 Å². The summed E-state index contributed by atoms with van der Waals surface area (Å²) in [7, 11) is 3.19. The molecule has 0 spiro atoms. The molecule has 0 aliphatic carbocycles. The number of aromatic nitrogens is 2. The minimum atomic E-state index is -0.0784. The summed E-state index contributed by atoms with van der Waals surface area (Å²) in [6.07, 6.45) is 1.48. The van der Waals surface area contributed by atoms with Crippen molar-refractivity contribution in [3.8, 4) is 11.5 Å². The van der Waals surface area contributed by atoms with E-state index in [9.17, 15) is 9.59 Å². The first kappa shape index (κ1) is 23.1. The van der Waals surface area contributed by atoms with E-state index in [1.54, 1.807) is 18.8 Å². The second-order valence-electron chi connectivity index (χ2n) is 7.09. The van der Waals surface area contributed by atoms with Crippen LogP contribution in [-0.2, 0) is 17.8 Å². The lowest BCUT2D eigenvalue weighted by molar-refractivity contribution is -0.119. The third-order valence-corrected chi connectivity index (χ3v) is 6.82. The van der Waals surface area contributed by atoms with Crippen LogP contribution < -0.4 is 20.3 Å². The summed E-state index contributed by atoms with van der Waals surface area (Å²) < 4.78 is 13.0. The van der Waals surface area contributed by atoms with Gasteiger partial charge in [0.05, 0.1) is 25.5 Å². The van der Waals surface area contributed by atoms with Crippen molar-refractivity contribution in [2.45, 2.75) is 44.4 Å². The molecule has 0 bridgehead atoms. The van der Waals surface area contributed by atoms with Gasteiger partial charge in [-0.15, -0.1) is 11.3 Å². The van der Waals surface area contributed by atoms with Crippen LogP contribution in [0.2, 0.25) is 0 Å². The van der Waals surface area contributed by atoms with Crippen molar-refractivity contribution in [2.24, 2.45) is 0 Å². The van der Waals surface area contributed by atoms with Crippen molar-refractivity contribution in [2.75, 3.05) is 20.0 Å². The second-order valence-corrected chi connectivity index (χ2v) is 8.95. The molecule has 3 rings (SSSR count). The fourth-order valence-electron chi connectivity index (χ4n) is 3.06. The SMILES string of the molecule is CC[C@@H](C)NC(=O)CSc1nc2ccsc2c(=O)n1CCc1ccc(OC)c(OC)c1. The monoisotopic (exact) mass is 461 g/mol. The maximum absolute atomic E-state index is 13.1. The molecule has 0 fully saturated rings. The lowest BCUT2D eigenvalue weighted by Crippen LogP contribution is -2.33. The number of nitrogens with zero attached hydrogens (tertiary/aromatic N) is 2. The fraction of sp³-hybridized carbons (Fsp3) is 0.409. The van der Waals surface area contributed by atoms with E-state index in [0.717, 1.165) is 12.0 Å². The van der Waals surface area contributed by atoms with Gasteiger partial charge < -0.3 is 14.8 Å². The van der Waals surface area contributed by atoms with Crippen LogP contribution in [0.25, 0.3) is 10.2 Å². The third kappa shape index (κ3) is 5.59. The minimum absolute atomic E-state index is 0.0644. The standard InChI is InChI=1S/C22H27N3O4S2/c1-5-14(2)23-19(26)13-31-22-24-16-9-11-30-20(16)21(27)25(22)10-8-15-6-7-17(28-3)18(12-15)29-4/h6-7,9,11-12,14H,5,8,10,13H2,1-4H3,(H,23,26)/t14-/m1/s1. The van der Waals surface area contributed by atoms with Crippen LogP contribution in [0.5, 0.6) is 11.5 Å². The number of thiophene rings is 1. The molecule has 7 nitrogen and oxygen atoms in total. The van der Waals surface area contributed by atoms with Gasteiger partial charge in [-0.05, 0) is 48.9 Å². The van der Waals surface area contributed by atoms with Crippen LogP contribution in [0.15, 0.2) is 39.6 Å². The fourth-order valence-corrected chi connectivity index (χ4v) is 4.67. The van der Waals surface area contributed by atoms with Crippen molar-refractivity contribution >= 4 is 39.2 Å². The van der Waals surface area contributed by atoms with Crippen LogP contribution in [-0.4, -0.2) is 41.5 Å². The summed E-state index contributed by atoms with van der Waals surface area (Å²) in [5.41, 5.74) is 1.61. The molecule has 1 atom stereocenters. The normalized spacial score (nSPS) is 12.0. The maximum atomic E-state index is 13.1. The largest absolute Gasteiger partial charge is 0.493 e. The summed E-state index contributed by atoms with van der Waals surface area (Å²) in [6.45, 7) is 4.44. The van der Waals surface area contributed by atoms with Gasteiger partial charge in [0.25, 0.3) is 5.56 Å². The predicted octanol–water partition coefficient (Wildman–Crippen LogP) is 3.72. The molecule has 3 aromatic rings. The molecule has 166 valence electrons. The lowest BCUT2D eigenvalue weighted by Gasteiger charge is -2.14. The third-order valence-electron chi connectivity index (χ3n) is 4.95. The van der Waals surface area contributed by atoms with E-state index in [0.29, 0.717) is 39.8 Å². The van der Waals surface area contributed by atoms with Crippen LogP contribution >= 0.6 is 23.1 Å². The number of thioether (sulfide) groups is 1. The van der Waals surface area contributed by atoms with Crippen molar-refractivity contribution < 1.29 is 14.3 Å². The molecule has 0 unspecified atom stereocenters. The van der Waals surface area contributed by atoms with E-state index < -0.39 is 0 Å². The topological polar surface area (TPSA) is 82.5 Å². The Bertz CT molecular complexity index is 1110. The Hall–Kier alpha value is -2.52. The predicted molar refractivity (Wildman–Crippen MR) is 126 cm³/mol. The zero-order chi connectivity index (χ0) is 22.4. The van der Waals surface area contributed by atoms with Gasteiger partial charge in [0, 0.05) is 12.6 Å². The lowest BCUT2D eigenvalue weighted by atomic mass is 10.1. The maximum Gasteiger partial charge on any atom is 0.272 e. The summed E-state index contributed by atoms with van der Waals surface area (Å²) in [5, 5.41) is 5.36. The van der Waals surface area contributed by atoms with Gasteiger partial charge in [-0.2, -0.15) is 0 Å². The second kappa shape index (κ2) is 10.7. The highest BCUT2D eigenvalue weighted by Crippen LogP contribution is 2.28. The molecule has 2 heterocycles. The van der Waals surface area contributed by atoms with Crippen molar-refractivity contribution in [3.05, 3.63) is 45.6 Å². The summed E-state index contributed by atoms with van der Waals surface area (Å²) >= 11 is 2.67. The first-order chi connectivity index (χ1) is 15.0. The van der Waals surface area contributed by atoms with E-state index in [2.05, 4.69) is 10.3 Å². The van der Waals surface area contributed by atoms with Gasteiger partial charge in [0.2, 0.25) is 5.91 Å². The number of amides is 1. The van der Waals surface area contributed by atoms with Gasteiger partial charge in [0.1, 0.15) is 4.70 Å². The first-order valence-corrected chi connectivity index (χ1v) is 11.9. The average Bonchev–Trinajstić information content (AvgIpc) is 3.25. The molecule has 1 N–H and O–H groups in total. The smallest absolute Gasteiger partial charge is 0.272 e. The highest BCUT2D eigenvalue weighted by atomic mass is 32.2. The number of carbonyl (C=O) groups is 1. The quantitative estimate of drug-likeness (QED) is 0.366. The van der Waals surface area contributed by atoms with Gasteiger partial charge >= 0.3 is 0 Å². The number of carbonyl (C=O) groups excluding carboxylic acids is 1. The number of aryl methyl sites for hydroxylation is 1. The van der Waals surface area contributed by atoms with Crippen LogP contribution in [0, 0.1) is 0 Å². The zero-order valence-corrected chi connectivity index (χ0v) is 19.8. The summed E-state index contributed by atoms with van der Waals surface area (Å²) in [4.78, 5) is 30.0. The van der Waals surface area contributed by atoms with Gasteiger partial charge in [-0.25, -0.2) is 4.98 Å². The van der Waals surface area contributed by atoms with E-state index in [4.69, 9.17) is 9.47 Å². The van der Waals surface area contributed by atoms with Crippen molar-refractivity contribution in [3.63, 3.8) is 0 Å². The number of rotatable bonds is 10. The molecule has 0 aliphatic heterocycles. The molecule has 0 saturated heterocycles. The Morgan fingerprint density at radius 3 is 2.74 bits per heavy atom. The first-order valence-electron chi connectivity index (χ1n) is 10.1. The molecule has 9 heteroatoms. The number of methoxy groups -OCH3 is 2. The van der Waals surface area contributed by atoms with Gasteiger partial charge in [0.15, 0.2) is 16.7 Å². The molecule has 1 aromatic carbocycles. The molecule has 2 aromatic heterocycles. The molecule has 31 heavy (non-hydrogen) atoms. The molecule has 0 aliphatic rings. The number of nitrogens with one attached hydrogen (secondary N) is 1.